The maximum Gasteiger partial charge on any atom is 0.308 e. The third kappa shape index (κ3) is 3.23. The van der Waals surface area contributed by atoms with E-state index in [4.69, 9.17) is 4.74 Å². The van der Waals surface area contributed by atoms with Gasteiger partial charge in [-0.1, -0.05) is 19.8 Å². The van der Waals surface area contributed by atoms with Gasteiger partial charge in [0.25, 0.3) is 0 Å². The number of ether oxygens (including phenoxy) is 1. The van der Waals surface area contributed by atoms with Crippen LogP contribution in [-0.4, -0.2) is 13.1 Å². The average molecular weight is 238 g/mol. The van der Waals surface area contributed by atoms with Gasteiger partial charge < -0.3 is 4.74 Å². The second kappa shape index (κ2) is 5.88. The molecule has 98 valence electrons. The molecule has 0 bridgehead atoms. The molecule has 2 aliphatic carbocycles. The van der Waals surface area contributed by atoms with Crippen LogP contribution in [0.25, 0.3) is 0 Å². The number of esters is 1. The Bertz CT molecular complexity index is 246. The van der Waals surface area contributed by atoms with Gasteiger partial charge in [0, 0.05) is 0 Å². The molecule has 2 heteroatoms. The van der Waals surface area contributed by atoms with Crippen LogP contribution in [0.1, 0.15) is 58.3 Å². The summed E-state index contributed by atoms with van der Waals surface area (Å²) in [6.45, 7) is 2.38. The van der Waals surface area contributed by atoms with Crippen molar-refractivity contribution in [3.05, 3.63) is 0 Å². The molecule has 0 aromatic heterocycles. The van der Waals surface area contributed by atoms with E-state index in [2.05, 4.69) is 6.92 Å². The summed E-state index contributed by atoms with van der Waals surface area (Å²) in [7, 11) is 1.51. The number of hydrogen-bond donors (Lipinski definition) is 0. The predicted molar refractivity (Wildman–Crippen MR) is 68.6 cm³/mol. The highest BCUT2D eigenvalue weighted by atomic mass is 16.5. The van der Waals surface area contributed by atoms with Crippen molar-refractivity contribution in [3.63, 3.8) is 0 Å². The zero-order valence-corrected chi connectivity index (χ0v) is 11.3. The van der Waals surface area contributed by atoms with Gasteiger partial charge in [-0.25, -0.2) is 0 Å². The van der Waals surface area contributed by atoms with Crippen LogP contribution >= 0.6 is 0 Å². The van der Waals surface area contributed by atoms with E-state index in [1.807, 2.05) is 0 Å². The van der Waals surface area contributed by atoms with Gasteiger partial charge in [-0.05, 0) is 56.3 Å². The van der Waals surface area contributed by atoms with E-state index < -0.39 is 0 Å². The molecule has 0 atom stereocenters. The van der Waals surface area contributed by atoms with Crippen LogP contribution in [0.2, 0.25) is 0 Å². The van der Waals surface area contributed by atoms with Gasteiger partial charge >= 0.3 is 5.97 Å². The normalized spacial score (nSPS) is 38.7. The molecule has 0 aromatic rings. The molecule has 0 unspecified atom stereocenters. The van der Waals surface area contributed by atoms with Crippen LogP contribution in [0.5, 0.6) is 0 Å². The van der Waals surface area contributed by atoms with Crippen LogP contribution in [0.15, 0.2) is 0 Å². The highest BCUT2D eigenvalue weighted by Gasteiger charge is 2.32. The van der Waals surface area contributed by atoms with Crippen LogP contribution < -0.4 is 0 Å². The van der Waals surface area contributed by atoms with Crippen molar-refractivity contribution in [3.8, 4) is 0 Å². The highest BCUT2D eigenvalue weighted by Crippen LogP contribution is 2.41. The number of rotatable bonds is 2. The molecule has 0 radical (unpaired) electrons. The fourth-order valence-corrected chi connectivity index (χ4v) is 3.75. The van der Waals surface area contributed by atoms with Crippen molar-refractivity contribution >= 4 is 5.97 Å². The average Bonchev–Trinajstić information content (AvgIpc) is 2.39. The van der Waals surface area contributed by atoms with Crippen molar-refractivity contribution in [1.29, 1.82) is 0 Å². The van der Waals surface area contributed by atoms with Gasteiger partial charge in [0.1, 0.15) is 0 Å². The summed E-state index contributed by atoms with van der Waals surface area (Å²) in [5.41, 5.74) is 0. The summed E-state index contributed by atoms with van der Waals surface area (Å²) in [5.74, 6) is 2.99. The van der Waals surface area contributed by atoms with E-state index in [9.17, 15) is 4.79 Å². The minimum absolute atomic E-state index is 0.0146. The lowest BCUT2D eigenvalue weighted by Gasteiger charge is -2.36. The minimum Gasteiger partial charge on any atom is -0.469 e. The Labute approximate surface area is 105 Å². The van der Waals surface area contributed by atoms with E-state index >= 15 is 0 Å². The Hall–Kier alpha value is -0.530. The molecule has 2 fully saturated rings. The second-order valence-electron chi connectivity index (χ2n) is 6.15. The van der Waals surface area contributed by atoms with Gasteiger partial charge in [-0.3, -0.25) is 4.79 Å². The molecule has 0 amide bonds. The van der Waals surface area contributed by atoms with Crippen molar-refractivity contribution in [2.45, 2.75) is 58.3 Å². The first-order chi connectivity index (χ1) is 8.20. The fraction of sp³-hybridized carbons (Fsp3) is 0.933. The molecule has 2 saturated carbocycles. The molecule has 0 heterocycles. The molecule has 0 spiro atoms. The Balaban J connectivity index is 1.77. The second-order valence-corrected chi connectivity index (χ2v) is 6.15. The Kier molecular flexibility index (Phi) is 4.47. The van der Waals surface area contributed by atoms with Crippen LogP contribution in [0, 0.1) is 23.7 Å². The van der Waals surface area contributed by atoms with E-state index in [0.29, 0.717) is 0 Å². The molecular formula is C15H26O2. The maximum atomic E-state index is 11.5. The van der Waals surface area contributed by atoms with Gasteiger partial charge in [0.15, 0.2) is 0 Å². The SMILES string of the molecule is COC(=O)C1CCC(C2CCC(C)CC2)CC1. The summed E-state index contributed by atoms with van der Waals surface area (Å²) < 4.78 is 4.85. The Morgan fingerprint density at radius 3 is 1.82 bits per heavy atom. The highest BCUT2D eigenvalue weighted by molar-refractivity contribution is 5.72. The monoisotopic (exact) mass is 238 g/mol. The van der Waals surface area contributed by atoms with E-state index in [-0.39, 0.29) is 11.9 Å². The third-order valence-electron chi connectivity index (χ3n) is 5.03. The summed E-state index contributed by atoms with van der Waals surface area (Å²) in [5, 5.41) is 0. The molecule has 2 aliphatic rings. The third-order valence-corrected chi connectivity index (χ3v) is 5.03. The molecule has 0 aromatic carbocycles. The maximum absolute atomic E-state index is 11.5. The summed E-state index contributed by atoms with van der Waals surface area (Å²) in [4.78, 5) is 11.5. The first-order valence-corrected chi connectivity index (χ1v) is 7.28. The summed E-state index contributed by atoms with van der Waals surface area (Å²) >= 11 is 0. The van der Waals surface area contributed by atoms with Crippen LogP contribution in [0.4, 0.5) is 0 Å². The van der Waals surface area contributed by atoms with Gasteiger partial charge in [-0.2, -0.15) is 0 Å². The zero-order chi connectivity index (χ0) is 12.3. The van der Waals surface area contributed by atoms with Crippen molar-refractivity contribution in [2.24, 2.45) is 23.7 Å². The van der Waals surface area contributed by atoms with Crippen LogP contribution in [0.3, 0.4) is 0 Å². The topological polar surface area (TPSA) is 26.3 Å². The summed E-state index contributed by atoms with van der Waals surface area (Å²) in [6, 6.07) is 0. The predicted octanol–water partition coefficient (Wildman–Crippen LogP) is 3.79. The molecule has 17 heavy (non-hydrogen) atoms. The lowest BCUT2D eigenvalue weighted by atomic mass is 9.69. The first kappa shape index (κ1) is 12.9. The number of hydrogen-bond acceptors (Lipinski definition) is 2. The Morgan fingerprint density at radius 2 is 1.35 bits per heavy atom. The quantitative estimate of drug-likeness (QED) is 0.684. The molecule has 2 rings (SSSR count). The molecule has 0 saturated heterocycles. The molecular weight excluding hydrogens is 212 g/mol. The fourth-order valence-electron chi connectivity index (χ4n) is 3.75. The molecule has 0 aliphatic heterocycles. The van der Waals surface area contributed by atoms with E-state index in [1.54, 1.807) is 0 Å². The Morgan fingerprint density at radius 1 is 0.882 bits per heavy atom. The largest absolute Gasteiger partial charge is 0.469 e. The van der Waals surface area contributed by atoms with Gasteiger partial charge in [0.05, 0.1) is 13.0 Å². The van der Waals surface area contributed by atoms with Crippen molar-refractivity contribution in [1.82, 2.24) is 0 Å². The molecule has 0 N–H and O–H groups in total. The van der Waals surface area contributed by atoms with Crippen molar-refractivity contribution in [2.75, 3.05) is 7.11 Å². The lowest BCUT2D eigenvalue weighted by molar-refractivity contribution is -0.147. The van der Waals surface area contributed by atoms with Gasteiger partial charge in [-0.15, -0.1) is 0 Å². The summed E-state index contributed by atoms with van der Waals surface area (Å²) in [6.07, 6.45) is 10.3. The lowest BCUT2D eigenvalue weighted by Crippen LogP contribution is -2.28. The van der Waals surface area contributed by atoms with Gasteiger partial charge in [0.2, 0.25) is 0 Å². The van der Waals surface area contributed by atoms with Crippen LogP contribution in [-0.2, 0) is 9.53 Å². The van der Waals surface area contributed by atoms with E-state index in [0.717, 1.165) is 30.6 Å². The number of carbonyl (C=O) groups excluding carboxylic acids is 1. The number of carbonyl (C=O) groups is 1. The smallest absolute Gasteiger partial charge is 0.308 e. The standard InChI is InChI=1S/C15H26O2/c1-11-3-5-12(6-4-11)13-7-9-14(10-8-13)15(16)17-2/h11-14H,3-10H2,1-2H3. The minimum atomic E-state index is 0.0146. The van der Waals surface area contributed by atoms with E-state index in [1.165, 1.54) is 45.6 Å². The molecule has 2 nitrogen and oxygen atoms in total. The van der Waals surface area contributed by atoms with Crippen molar-refractivity contribution < 1.29 is 9.53 Å². The first-order valence-electron chi connectivity index (χ1n) is 7.28. The zero-order valence-electron chi connectivity index (χ0n) is 11.3. The number of methoxy groups -OCH3 is 1.